The predicted molar refractivity (Wildman–Crippen MR) is 109 cm³/mol. The summed E-state index contributed by atoms with van der Waals surface area (Å²) < 4.78 is 0. The van der Waals surface area contributed by atoms with Crippen molar-refractivity contribution in [2.45, 2.75) is 70.8 Å². The van der Waals surface area contributed by atoms with Gasteiger partial charge in [-0.3, -0.25) is 4.99 Å². The molecule has 2 fully saturated rings. The van der Waals surface area contributed by atoms with Crippen LogP contribution in [0.15, 0.2) is 17.1 Å². The van der Waals surface area contributed by atoms with Crippen molar-refractivity contribution in [2.24, 2.45) is 10.4 Å². The second-order valence-electron chi connectivity index (χ2n) is 9.70. The number of benzene rings is 1. The average molecular weight is 366 g/mol. The lowest BCUT2D eigenvalue weighted by atomic mass is 9.51. The molecule has 3 heterocycles. The van der Waals surface area contributed by atoms with Crippen LogP contribution >= 0.6 is 0 Å². The van der Waals surface area contributed by atoms with Gasteiger partial charge in [-0.15, -0.1) is 0 Å². The van der Waals surface area contributed by atoms with Crippen LogP contribution in [-0.2, 0) is 18.3 Å². The molecule has 5 rings (SSSR count). The van der Waals surface area contributed by atoms with Gasteiger partial charge in [-0.2, -0.15) is 0 Å². The van der Waals surface area contributed by atoms with Gasteiger partial charge in [-0.25, -0.2) is 4.79 Å². The summed E-state index contributed by atoms with van der Waals surface area (Å²) in [5.41, 5.74) is 5.59. The standard InChI is InChI=1S/C23H31N3O/c1-22(2)20-14-17-13-16-7-9-24-19(16)15-18(17)23(22,3)8-12-26(20)21(27)25-10-5-4-6-11-25/h9,13,15,20H,4-8,10-12,14H2,1-3H3/t20-,23+/m1/s1. The Morgan fingerprint density at radius 2 is 1.85 bits per heavy atom. The topological polar surface area (TPSA) is 35.9 Å². The SMILES string of the molecule is CC1(C)[C@H]2Cc3cc4c(cc3[C@]1(C)CCN2C(=O)N1CCCCC1)N=CC4. The Bertz CT molecular complexity index is 821. The molecular formula is C23H31N3O. The van der Waals surface area contributed by atoms with Gasteiger partial charge >= 0.3 is 6.03 Å². The van der Waals surface area contributed by atoms with Gasteiger partial charge in [0, 0.05) is 43.7 Å². The molecule has 2 amide bonds. The monoisotopic (exact) mass is 365 g/mol. The van der Waals surface area contributed by atoms with E-state index < -0.39 is 0 Å². The zero-order valence-electron chi connectivity index (χ0n) is 16.9. The van der Waals surface area contributed by atoms with Crippen LogP contribution in [0.1, 0.15) is 63.1 Å². The van der Waals surface area contributed by atoms with Gasteiger partial charge in [-0.05, 0) is 60.3 Å². The van der Waals surface area contributed by atoms with Crippen molar-refractivity contribution in [1.82, 2.24) is 9.80 Å². The largest absolute Gasteiger partial charge is 0.325 e. The Hall–Kier alpha value is -1.84. The van der Waals surface area contributed by atoms with Crippen molar-refractivity contribution in [1.29, 1.82) is 0 Å². The molecule has 1 aliphatic carbocycles. The molecule has 1 aromatic rings. The number of piperidine rings is 2. The van der Waals surface area contributed by atoms with Crippen molar-refractivity contribution in [3.63, 3.8) is 0 Å². The number of amides is 2. The molecule has 2 saturated heterocycles. The van der Waals surface area contributed by atoms with E-state index in [2.05, 4.69) is 47.7 Å². The van der Waals surface area contributed by atoms with E-state index in [9.17, 15) is 4.79 Å². The lowest BCUT2D eigenvalue weighted by Crippen LogP contribution is -2.66. The van der Waals surface area contributed by atoms with E-state index in [1.54, 1.807) is 0 Å². The molecular weight excluding hydrogens is 334 g/mol. The Morgan fingerprint density at radius 1 is 1.07 bits per heavy atom. The van der Waals surface area contributed by atoms with E-state index in [4.69, 9.17) is 0 Å². The van der Waals surface area contributed by atoms with Gasteiger partial charge in [0.15, 0.2) is 0 Å². The maximum atomic E-state index is 13.4. The van der Waals surface area contributed by atoms with Crippen molar-refractivity contribution in [3.05, 3.63) is 28.8 Å². The zero-order valence-corrected chi connectivity index (χ0v) is 16.9. The minimum absolute atomic E-state index is 0.0558. The number of likely N-dealkylation sites (tertiary alicyclic amines) is 2. The molecule has 4 aliphatic rings. The summed E-state index contributed by atoms with van der Waals surface area (Å²) in [6, 6.07) is 5.29. The molecule has 0 unspecified atom stereocenters. The fourth-order valence-corrected chi connectivity index (χ4v) is 6.02. The number of aliphatic imine (C=N–C) groups is 1. The average Bonchev–Trinajstić information content (AvgIpc) is 3.11. The van der Waals surface area contributed by atoms with E-state index in [1.165, 1.54) is 23.1 Å². The third-order valence-electron chi connectivity index (χ3n) is 8.21. The van der Waals surface area contributed by atoms with Gasteiger partial charge < -0.3 is 9.80 Å². The van der Waals surface area contributed by atoms with Crippen LogP contribution in [-0.4, -0.2) is 47.7 Å². The first-order valence-electron chi connectivity index (χ1n) is 10.7. The molecule has 2 bridgehead atoms. The summed E-state index contributed by atoms with van der Waals surface area (Å²) in [5.74, 6) is 0. The van der Waals surface area contributed by atoms with E-state index in [1.807, 2.05) is 6.21 Å². The highest BCUT2D eigenvalue weighted by Crippen LogP contribution is 2.57. The van der Waals surface area contributed by atoms with Gasteiger partial charge in [0.2, 0.25) is 0 Å². The number of urea groups is 1. The smallest absolute Gasteiger partial charge is 0.320 e. The summed E-state index contributed by atoms with van der Waals surface area (Å²) in [5, 5.41) is 0. The molecule has 0 N–H and O–H groups in total. The summed E-state index contributed by atoms with van der Waals surface area (Å²) >= 11 is 0. The van der Waals surface area contributed by atoms with Crippen LogP contribution in [0, 0.1) is 5.41 Å². The molecule has 1 aromatic carbocycles. The first-order chi connectivity index (χ1) is 12.9. The van der Waals surface area contributed by atoms with Crippen molar-refractivity contribution in [3.8, 4) is 0 Å². The van der Waals surface area contributed by atoms with E-state index in [-0.39, 0.29) is 22.9 Å². The fraction of sp³-hybridized carbons (Fsp3) is 0.652. The fourth-order valence-electron chi connectivity index (χ4n) is 6.02. The second kappa shape index (κ2) is 5.83. The zero-order chi connectivity index (χ0) is 18.8. The Labute approximate surface area is 162 Å². The second-order valence-corrected chi connectivity index (χ2v) is 9.70. The number of carbonyl (C=O) groups is 1. The number of hydrogen-bond acceptors (Lipinski definition) is 2. The summed E-state index contributed by atoms with van der Waals surface area (Å²) in [6.07, 6.45) is 8.56. The first-order valence-corrected chi connectivity index (χ1v) is 10.7. The first kappa shape index (κ1) is 17.3. The lowest BCUT2D eigenvalue weighted by molar-refractivity contribution is -0.0242. The molecule has 144 valence electrons. The van der Waals surface area contributed by atoms with Crippen LogP contribution < -0.4 is 0 Å². The van der Waals surface area contributed by atoms with Crippen molar-refractivity contribution in [2.75, 3.05) is 19.6 Å². The quantitative estimate of drug-likeness (QED) is 0.668. The maximum absolute atomic E-state index is 13.4. The van der Waals surface area contributed by atoms with E-state index in [0.29, 0.717) is 0 Å². The molecule has 0 aromatic heterocycles. The summed E-state index contributed by atoms with van der Waals surface area (Å²) in [7, 11) is 0. The maximum Gasteiger partial charge on any atom is 0.320 e. The highest BCUT2D eigenvalue weighted by molar-refractivity contribution is 5.78. The van der Waals surface area contributed by atoms with Gasteiger partial charge in [-0.1, -0.05) is 26.8 Å². The minimum atomic E-state index is 0.0558. The number of nitrogens with zero attached hydrogens (tertiary/aromatic N) is 3. The molecule has 0 radical (unpaired) electrons. The van der Waals surface area contributed by atoms with Crippen LogP contribution in [0.25, 0.3) is 0 Å². The molecule has 4 heteroatoms. The van der Waals surface area contributed by atoms with Crippen LogP contribution in [0.4, 0.5) is 10.5 Å². The molecule has 0 saturated carbocycles. The number of fused-ring (bicyclic) bond motifs is 5. The molecule has 3 aliphatic heterocycles. The number of hydrogen-bond donors (Lipinski definition) is 0. The molecule has 27 heavy (non-hydrogen) atoms. The summed E-state index contributed by atoms with van der Waals surface area (Å²) in [4.78, 5) is 22.3. The van der Waals surface area contributed by atoms with Crippen LogP contribution in [0.5, 0.6) is 0 Å². The van der Waals surface area contributed by atoms with Crippen LogP contribution in [0.2, 0.25) is 0 Å². The van der Waals surface area contributed by atoms with Crippen molar-refractivity contribution < 1.29 is 4.79 Å². The van der Waals surface area contributed by atoms with E-state index >= 15 is 0 Å². The molecule has 0 spiro atoms. The van der Waals surface area contributed by atoms with Gasteiger partial charge in [0.05, 0.1) is 5.69 Å². The highest BCUT2D eigenvalue weighted by atomic mass is 16.2. The number of carbonyl (C=O) groups excluding carboxylic acids is 1. The van der Waals surface area contributed by atoms with E-state index in [0.717, 1.165) is 57.4 Å². The minimum Gasteiger partial charge on any atom is -0.325 e. The van der Waals surface area contributed by atoms with Gasteiger partial charge in [0.1, 0.15) is 0 Å². The number of rotatable bonds is 0. The van der Waals surface area contributed by atoms with Crippen LogP contribution in [0.3, 0.4) is 0 Å². The highest BCUT2D eigenvalue weighted by Gasteiger charge is 2.57. The molecule has 2 atom stereocenters. The Balaban J connectivity index is 1.54. The summed E-state index contributed by atoms with van der Waals surface area (Å²) in [6.45, 7) is 9.92. The lowest BCUT2D eigenvalue weighted by Gasteiger charge is -2.61. The third-order valence-corrected chi connectivity index (χ3v) is 8.21. The Kier molecular flexibility index (Phi) is 3.73. The normalized spacial score (nSPS) is 30.9. The van der Waals surface area contributed by atoms with Gasteiger partial charge in [0.25, 0.3) is 0 Å². The Morgan fingerprint density at radius 3 is 2.63 bits per heavy atom. The third kappa shape index (κ3) is 2.34. The van der Waals surface area contributed by atoms with Crippen molar-refractivity contribution >= 4 is 17.9 Å². The predicted octanol–water partition coefficient (Wildman–Crippen LogP) is 4.47. The molecule has 4 nitrogen and oxygen atoms in total.